The predicted octanol–water partition coefficient (Wildman–Crippen LogP) is 3.67. The van der Waals surface area contributed by atoms with Crippen LogP contribution < -0.4 is 14.4 Å². The van der Waals surface area contributed by atoms with Crippen LogP contribution in [0.5, 0.6) is 5.75 Å². The van der Waals surface area contributed by atoms with Crippen molar-refractivity contribution >= 4 is 27.5 Å². The van der Waals surface area contributed by atoms with Crippen molar-refractivity contribution in [2.24, 2.45) is 0 Å². The maximum atomic E-state index is 13.8. The third kappa shape index (κ3) is 6.48. The fourth-order valence-corrected chi connectivity index (χ4v) is 5.58. The number of carbonyl (C=O) groups is 2. The zero-order valence-electron chi connectivity index (χ0n) is 21.8. The van der Waals surface area contributed by atoms with Gasteiger partial charge in [-0.15, -0.1) is 0 Å². The SMILES string of the molecule is CNC(=O)[C@H](C)N(Cc1cccc(OC)c1)C(=O)CN(c1ccc(C)cc1C)S(=O)(=O)c1ccccc1. The van der Waals surface area contributed by atoms with Gasteiger partial charge in [0.05, 0.1) is 17.7 Å². The number of hydrogen-bond acceptors (Lipinski definition) is 5. The lowest BCUT2D eigenvalue weighted by atomic mass is 10.1. The molecule has 0 spiro atoms. The summed E-state index contributed by atoms with van der Waals surface area (Å²) in [5, 5.41) is 2.58. The van der Waals surface area contributed by atoms with Crippen molar-refractivity contribution in [3.8, 4) is 5.75 Å². The van der Waals surface area contributed by atoms with Crippen LogP contribution in [0.1, 0.15) is 23.6 Å². The zero-order chi connectivity index (χ0) is 27.2. The lowest BCUT2D eigenvalue weighted by Crippen LogP contribution is -2.50. The van der Waals surface area contributed by atoms with E-state index >= 15 is 0 Å². The van der Waals surface area contributed by atoms with Crippen LogP contribution in [0.3, 0.4) is 0 Å². The molecule has 0 fully saturated rings. The van der Waals surface area contributed by atoms with Gasteiger partial charge in [-0.05, 0) is 62.2 Å². The number of methoxy groups -OCH3 is 1. The van der Waals surface area contributed by atoms with Crippen molar-refractivity contribution in [2.45, 2.75) is 38.3 Å². The summed E-state index contributed by atoms with van der Waals surface area (Å²) < 4.78 is 34.0. The summed E-state index contributed by atoms with van der Waals surface area (Å²) in [7, 11) is -1.05. The van der Waals surface area contributed by atoms with Gasteiger partial charge < -0.3 is 15.0 Å². The number of sulfonamides is 1. The van der Waals surface area contributed by atoms with E-state index in [1.54, 1.807) is 56.5 Å². The number of aryl methyl sites for hydroxylation is 2. The van der Waals surface area contributed by atoms with Gasteiger partial charge >= 0.3 is 0 Å². The van der Waals surface area contributed by atoms with Crippen molar-refractivity contribution in [3.63, 3.8) is 0 Å². The largest absolute Gasteiger partial charge is 0.497 e. The van der Waals surface area contributed by atoms with E-state index in [4.69, 9.17) is 4.74 Å². The molecule has 1 atom stereocenters. The van der Waals surface area contributed by atoms with Crippen LogP contribution in [0.2, 0.25) is 0 Å². The fourth-order valence-electron chi connectivity index (χ4n) is 4.08. The molecule has 0 saturated carbocycles. The lowest BCUT2D eigenvalue weighted by Gasteiger charge is -2.32. The van der Waals surface area contributed by atoms with Gasteiger partial charge in [0.1, 0.15) is 18.3 Å². The monoisotopic (exact) mass is 523 g/mol. The normalized spacial score (nSPS) is 11.9. The molecule has 0 radical (unpaired) electrons. The van der Waals surface area contributed by atoms with E-state index in [-0.39, 0.29) is 17.3 Å². The molecule has 3 rings (SSSR count). The average molecular weight is 524 g/mol. The van der Waals surface area contributed by atoms with E-state index in [0.717, 1.165) is 15.4 Å². The first-order chi connectivity index (χ1) is 17.6. The second-order valence-electron chi connectivity index (χ2n) is 8.78. The molecule has 0 aromatic heterocycles. The average Bonchev–Trinajstić information content (AvgIpc) is 2.90. The number of nitrogens with zero attached hydrogens (tertiary/aromatic N) is 2. The van der Waals surface area contributed by atoms with E-state index in [1.807, 2.05) is 32.0 Å². The number of ether oxygens (including phenoxy) is 1. The standard InChI is InChI=1S/C28H33N3O5S/c1-20-14-15-26(21(2)16-20)31(37(34,35)25-12-7-6-8-13-25)19-27(32)30(22(3)28(33)29-4)18-23-10-9-11-24(17-23)36-5/h6-17,22H,18-19H2,1-5H3,(H,29,33)/t22-/m0/s1. The van der Waals surface area contributed by atoms with E-state index in [2.05, 4.69) is 5.32 Å². The zero-order valence-corrected chi connectivity index (χ0v) is 22.6. The number of carbonyl (C=O) groups excluding carboxylic acids is 2. The summed E-state index contributed by atoms with van der Waals surface area (Å²) >= 11 is 0. The van der Waals surface area contributed by atoms with E-state index in [0.29, 0.717) is 17.0 Å². The van der Waals surface area contributed by atoms with Crippen LogP contribution >= 0.6 is 0 Å². The van der Waals surface area contributed by atoms with Gasteiger partial charge in [0.25, 0.3) is 10.0 Å². The van der Waals surface area contributed by atoms with Crippen molar-refractivity contribution in [1.82, 2.24) is 10.2 Å². The Morgan fingerprint density at radius 1 is 0.973 bits per heavy atom. The maximum absolute atomic E-state index is 13.8. The number of rotatable bonds is 10. The molecule has 3 aromatic rings. The summed E-state index contributed by atoms with van der Waals surface area (Å²) in [5.74, 6) is -0.264. The van der Waals surface area contributed by atoms with Crippen LogP contribution in [0, 0.1) is 13.8 Å². The number of amides is 2. The first-order valence-corrected chi connectivity index (χ1v) is 13.3. The molecule has 0 heterocycles. The molecule has 0 bridgehead atoms. The highest BCUT2D eigenvalue weighted by Crippen LogP contribution is 2.28. The molecule has 3 aromatic carbocycles. The summed E-state index contributed by atoms with van der Waals surface area (Å²) in [6.07, 6.45) is 0. The second kappa shape index (κ2) is 11.9. The first kappa shape index (κ1) is 27.7. The van der Waals surface area contributed by atoms with Gasteiger partial charge in [-0.3, -0.25) is 13.9 Å². The van der Waals surface area contributed by atoms with Gasteiger partial charge in [-0.1, -0.05) is 48.0 Å². The summed E-state index contributed by atoms with van der Waals surface area (Å²) in [6.45, 7) is 4.95. The summed E-state index contributed by atoms with van der Waals surface area (Å²) in [5.41, 5.74) is 2.83. The van der Waals surface area contributed by atoms with E-state index < -0.39 is 28.5 Å². The molecule has 0 aliphatic carbocycles. The third-order valence-corrected chi connectivity index (χ3v) is 7.91. The van der Waals surface area contributed by atoms with Crippen LogP contribution in [-0.2, 0) is 26.2 Å². The predicted molar refractivity (Wildman–Crippen MR) is 144 cm³/mol. The molecule has 1 N–H and O–H groups in total. The fraction of sp³-hybridized carbons (Fsp3) is 0.286. The minimum absolute atomic E-state index is 0.0708. The Hall–Kier alpha value is -3.85. The molecule has 37 heavy (non-hydrogen) atoms. The Bertz CT molecular complexity index is 1360. The highest BCUT2D eigenvalue weighted by molar-refractivity contribution is 7.92. The number of hydrogen-bond donors (Lipinski definition) is 1. The second-order valence-corrected chi connectivity index (χ2v) is 10.6. The Balaban J connectivity index is 2.06. The van der Waals surface area contributed by atoms with Crippen LogP contribution in [-0.4, -0.2) is 51.9 Å². The highest BCUT2D eigenvalue weighted by atomic mass is 32.2. The van der Waals surface area contributed by atoms with Gasteiger partial charge in [0.2, 0.25) is 11.8 Å². The molecule has 0 aliphatic rings. The van der Waals surface area contributed by atoms with Crippen molar-refractivity contribution < 1.29 is 22.7 Å². The van der Waals surface area contributed by atoms with E-state index in [1.165, 1.54) is 24.1 Å². The quantitative estimate of drug-likeness (QED) is 0.438. The number of benzene rings is 3. The van der Waals surface area contributed by atoms with Gasteiger partial charge in [-0.25, -0.2) is 8.42 Å². The molecule has 196 valence electrons. The van der Waals surface area contributed by atoms with Crippen molar-refractivity contribution in [3.05, 3.63) is 89.5 Å². The molecule has 0 aliphatic heterocycles. The van der Waals surface area contributed by atoms with Crippen LogP contribution in [0.4, 0.5) is 5.69 Å². The van der Waals surface area contributed by atoms with Crippen LogP contribution in [0.25, 0.3) is 0 Å². The minimum Gasteiger partial charge on any atom is -0.497 e. The number of nitrogens with one attached hydrogen (secondary N) is 1. The molecular weight excluding hydrogens is 490 g/mol. The molecule has 0 unspecified atom stereocenters. The first-order valence-electron chi connectivity index (χ1n) is 11.9. The van der Waals surface area contributed by atoms with Crippen molar-refractivity contribution in [2.75, 3.05) is 25.0 Å². The Kier molecular flexibility index (Phi) is 8.94. The molecule has 2 amide bonds. The Morgan fingerprint density at radius 3 is 2.30 bits per heavy atom. The van der Waals surface area contributed by atoms with E-state index in [9.17, 15) is 18.0 Å². The maximum Gasteiger partial charge on any atom is 0.264 e. The molecule has 0 saturated heterocycles. The third-order valence-electron chi connectivity index (χ3n) is 6.13. The van der Waals surface area contributed by atoms with Gasteiger partial charge in [0, 0.05) is 13.6 Å². The molecular formula is C28H33N3O5S. The summed E-state index contributed by atoms with van der Waals surface area (Å²) in [6, 6.07) is 19.7. The Labute approximate surface area is 218 Å². The highest BCUT2D eigenvalue weighted by Gasteiger charge is 2.32. The van der Waals surface area contributed by atoms with Crippen molar-refractivity contribution in [1.29, 1.82) is 0 Å². The molecule has 8 nitrogen and oxygen atoms in total. The summed E-state index contributed by atoms with van der Waals surface area (Å²) in [4.78, 5) is 27.8. The Morgan fingerprint density at radius 2 is 1.68 bits per heavy atom. The van der Waals surface area contributed by atoms with Gasteiger partial charge in [0.15, 0.2) is 0 Å². The van der Waals surface area contributed by atoms with Gasteiger partial charge in [-0.2, -0.15) is 0 Å². The number of likely N-dealkylation sites (N-methyl/N-ethyl adjacent to an activating group) is 1. The minimum atomic E-state index is -4.09. The van der Waals surface area contributed by atoms with Crippen LogP contribution in [0.15, 0.2) is 77.7 Å². The topological polar surface area (TPSA) is 96.0 Å². The molecule has 9 heteroatoms. The number of anilines is 1. The lowest BCUT2D eigenvalue weighted by molar-refractivity contribution is -0.139. The smallest absolute Gasteiger partial charge is 0.264 e.